The SMILES string of the molecule is COC1CCCC(Nc2ccc(N3CCCCC3)nc2)C1. The summed E-state index contributed by atoms with van der Waals surface area (Å²) in [6.07, 6.45) is 11.1. The first-order chi connectivity index (χ1) is 10.3. The third kappa shape index (κ3) is 3.88. The fraction of sp³-hybridized carbons (Fsp3) is 0.706. The quantitative estimate of drug-likeness (QED) is 0.921. The number of ether oxygens (including phenoxy) is 1. The third-order valence-electron chi connectivity index (χ3n) is 4.76. The normalized spacial score (nSPS) is 26.6. The predicted molar refractivity (Wildman–Crippen MR) is 87.0 cm³/mol. The first kappa shape index (κ1) is 14.6. The second-order valence-electron chi connectivity index (χ2n) is 6.32. The Bertz CT molecular complexity index is 428. The van der Waals surface area contributed by atoms with Crippen molar-refractivity contribution >= 4 is 11.5 Å². The molecule has 4 heteroatoms. The summed E-state index contributed by atoms with van der Waals surface area (Å²) in [4.78, 5) is 7.04. The number of hydrogen-bond donors (Lipinski definition) is 1. The van der Waals surface area contributed by atoms with Gasteiger partial charge in [0.25, 0.3) is 0 Å². The molecule has 21 heavy (non-hydrogen) atoms. The highest BCUT2D eigenvalue weighted by Crippen LogP contribution is 2.25. The molecule has 1 aromatic heterocycles. The minimum absolute atomic E-state index is 0.414. The van der Waals surface area contributed by atoms with Crippen molar-refractivity contribution < 1.29 is 4.74 Å². The molecule has 0 amide bonds. The van der Waals surface area contributed by atoms with Crippen LogP contribution in [0.4, 0.5) is 11.5 Å². The highest BCUT2D eigenvalue weighted by molar-refractivity contribution is 5.49. The number of methoxy groups -OCH3 is 1. The average molecular weight is 289 g/mol. The highest BCUT2D eigenvalue weighted by Gasteiger charge is 2.21. The van der Waals surface area contributed by atoms with E-state index in [9.17, 15) is 0 Å². The smallest absolute Gasteiger partial charge is 0.128 e. The fourth-order valence-corrected chi connectivity index (χ4v) is 3.51. The summed E-state index contributed by atoms with van der Waals surface area (Å²) in [6, 6.07) is 4.85. The zero-order chi connectivity index (χ0) is 14.5. The lowest BCUT2D eigenvalue weighted by molar-refractivity contribution is 0.0669. The molecule has 0 aromatic carbocycles. The van der Waals surface area contributed by atoms with Gasteiger partial charge in [-0.2, -0.15) is 0 Å². The van der Waals surface area contributed by atoms with Crippen LogP contribution in [0.1, 0.15) is 44.9 Å². The fourth-order valence-electron chi connectivity index (χ4n) is 3.51. The summed E-state index contributed by atoms with van der Waals surface area (Å²) in [7, 11) is 1.82. The van der Waals surface area contributed by atoms with Gasteiger partial charge < -0.3 is 15.0 Å². The molecule has 4 nitrogen and oxygen atoms in total. The molecule has 1 aliphatic carbocycles. The van der Waals surface area contributed by atoms with E-state index in [1.807, 2.05) is 13.3 Å². The van der Waals surface area contributed by atoms with Gasteiger partial charge in [0.2, 0.25) is 0 Å². The second kappa shape index (κ2) is 7.12. The van der Waals surface area contributed by atoms with Crippen LogP contribution in [-0.4, -0.2) is 37.3 Å². The maximum absolute atomic E-state index is 5.50. The zero-order valence-corrected chi connectivity index (χ0v) is 13.1. The monoisotopic (exact) mass is 289 g/mol. The molecule has 0 bridgehead atoms. The molecule has 1 aromatic rings. The van der Waals surface area contributed by atoms with Crippen LogP contribution in [0.3, 0.4) is 0 Å². The Morgan fingerprint density at radius 3 is 2.71 bits per heavy atom. The van der Waals surface area contributed by atoms with Gasteiger partial charge in [0, 0.05) is 26.2 Å². The molecule has 3 rings (SSSR count). The Labute approximate surface area is 127 Å². The van der Waals surface area contributed by atoms with E-state index in [0.29, 0.717) is 12.1 Å². The van der Waals surface area contributed by atoms with Crippen LogP contribution < -0.4 is 10.2 Å². The Morgan fingerprint density at radius 2 is 2.00 bits per heavy atom. The maximum Gasteiger partial charge on any atom is 0.128 e. The van der Waals surface area contributed by atoms with Gasteiger partial charge in [-0.3, -0.25) is 0 Å². The molecule has 0 spiro atoms. The van der Waals surface area contributed by atoms with Crippen molar-refractivity contribution in [1.29, 1.82) is 0 Å². The number of anilines is 2. The van der Waals surface area contributed by atoms with Crippen molar-refractivity contribution in [2.24, 2.45) is 0 Å². The van der Waals surface area contributed by atoms with Crippen LogP contribution in [0.5, 0.6) is 0 Å². The van der Waals surface area contributed by atoms with Gasteiger partial charge in [-0.1, -0.05) is 0 Å². The summed E-state index contributed by atoms with van der Waals surface area (Å²) in [5.74, 6) is 1.12. The van der Waals surface area contributed by atoms with E-state index in [1.165, 1.54) is 38.5 Å². The lowest BCUT2D eigenvalue weighted by Crippen LogP contribution is -2.31. The lowest BCUT2D eigenvalue weighted by Gasteiger charge is -2.30. The Balaban J connectivity index is 1.56. The number of rotatable bonds is 4. The summed E-state index contributed by atoms with van der Waals surface area (Å²) in [5, 5.41) is 3.61. The van der Waals surface area contributed by atoms with E-state index in [1.54, 1.807) is 0 Å². The minimum Gasteiger partial charge on any atom is -0.381 e. The number of nitrogens with one attached hydrogen (secondary N) is 1. The minimum atomic E-state index is 0.414. The summed E-state index contributed by atoms with van der Waals surface area (Å²) in [6.45, 7) is 2.30. The van der Waals surface area contributed by atoms with Crippen molar-refractivity contribution in [1.82, 2.24) is 4.98 Å². The van der Waals surface area contributed by atoms with E-state index >= 15 is 0 Å². The van der Waals surface area contributed by atoms with Crippen LogP contribution in [0.2, 0.25) is 0 Å². The van der Waals surface area contributed by atoms with Crippen molar-refractivity contribution in [3.63, 3.8) is 0 Å². The summed E-state index contributed by atoms with van der Waals surface area (Å²) in [5.41, 5.74) is 1.14. The van der Waals surface area contributed by atoms with Gasteiger partial charge in [-0.25, -0.2) is 4.98 Å². The van der Waals surface area contributed by atoms with Crippen LogP contribution in [0.25, 0.3) is 0 Å². The number of piperidine rings is 1. The zero-order valence-electron chi connectivity index (χ0n) is 13.1. The van der Waals surface area contributed by atoms with Gasteiger partial charge in [-0.05, 0) is 57.1 Å². The highest BCUT2D eigenvalue weighted by atomic mass is 16.5. The topological polar surface area (TPSA) is 37.4 Å². The molecule has 2 unspecified atom stereocenters. The number of pyridine rings is 1. The summed E-state index contributed by atoms with van der Waals surface area (Å²) < 4.78 is 5.50. The molecule has 2 heterocycles. The van der Waals surface area contributed by atoms with Crippen LogP contribution in [0, 0.1) is 0 Å². The second-order valence-corrected chi connectivity index (χ2v) is 6.32. The van der Waals surface area contributed by atoms with Gasteiger partial charge >= 0.3 is 0 Å². The van der Waals surface area contributed by atoms with Gasteiger partial charge in [0.15, 0.2) is 0 Å². The van der Waals surface area contributed by atoms with E-state index in [4.69, 9.17) is 4.74 Å². The van der Waals surface area contributed by atoms with Crippen LogP contribution in [-0.2, 0) is 4.74 Å². The van der Waals surface area contributed by atoms with Gasteiger partial charge in [0.1, 0.15) is 5.82 Å². The predicted octanol–water partition coefficient (Wildman–Crippen LogP) is 3.44. The van der Waals surface area contributed by atoms with Crippen molar-refractivity contribution in [3.05, 3.63) is 18.3 Å². The summed E-state index contributed by atoms with van der Waals surface area (Å²) >= 11 is 0. The number of aromatic nitrogens is 1. The average Bonchev–Trinajstić information content (AvgIpc) is 2.56. The first-order valence-electron chi connectivity index (χ1n) is 8.35. The van der Waals surface area contributed by atoms with Crippen molar-refractivity contribution in [2.75, 3.05) is 30.4 Å². The molecule has 116 valence electrons. The van der Waals surface area contributed by atoms with E-state index in [-0.39, 0.29) is 0 Å². The molecule has 1 saturated heterocycles. The number of hydrogen-bond acceptors (Lipinski definition) is 4. The lowest BCUT2D eigenvalue weighted by atomic mass is 9.93. The van der Waals surface area contributed by atoms with Crippen LogP contribution >= 0.6 is 0 Å². The largest absolute Gasteiger partial charge is 0.381 e. The Morgan fingerprint density at radius 1 is 1.14 bits per heavy atom. The first-order valence-corrected chi connectivity index (χ1v) is 8.35. The van der Waals surface area contributed by atoms with Gasteiger partial charge in [0.05, 0.1) is 18.0 Å². The molecular weight excluding hydrogens is 262 g/mol. The molecule has 1 N–H and O–H groups in total. The third-order valence-corrected chi connectivity index (χ3v) is 4.76. The number of nitrogens with zero attached hydrogens (tertiary/aromatic N) is 2. The molecule has 2 atom stereocenters. The molecule has 0 radical (unpaired) electrons. The molecule has 2 fully saturated rings. The Hall–Kier alpha value is -1.29. The van der Waals surface area contributed by atoms with E-state index in [2.05, 4.69) is 27.3 Å². The molecule has 2 aliphatic rings. The molecular formula is C17H27N3O. The maximum atomic E-state index is 5.50. The van der Waals surface area contributed by atoms with Crippen molar-refractivity contribution in [2.45, 2.75) is 57.1 Å². The van der Waals surface area contributed by atoms with E-state index in [0.717, 1.165) is 31.0 Å². The van der Waals surface area contributed by atoms with Gasteiger partial charge in [-0.15, -0.1) is 0 Å². The molecule has 1 aliphatic heterocycles. The van der Waals surface area contributed by atoms with Crippen LogP contribution in [0.15, 0.2) is 18.3 Å². The standard InChI is InChI=1S/C17H27N3O/c1-21-16-7-5-6-14(12-16)19-15-8-9-17(18-13-15)20-10-3-2-4-11-20/h8-9,13-14,16,19H,2-7,10-12H2,1H3. The Kier molecular flexibility index (Phi) is 4.96. The van der Waals surface area contributed by atoms with Crippen molar-refractivity contribution in [3.8, 4) is 0 Å². The van der Waals surface area contributed by atoms with E-state index < -0.39 is 0 Å². The molecule has 1 saturated carbocycles.